The largest absolute Gasteiger partial charge is 0.378 e. The van der Waals surface area contributed by atoms with Gasteiger partial charge in [-0.3, -0.25) is 9.69 Å². The highest BCUT2D eigenvalue weighted by Crippen LogP contribution is 2.19. The molecule has 122 valence electrons. The van der Waals surface area contributed by atoms with Crippen LogP contribution < -0.4 is 0 Å². The van der Waals surface area contributed by atoms with Gasteiger partial charge in [0.15, 0.2) is 0 Å². The quantitative estimate of drug-likeness (QED) is 0.771. The van der Waals surface area contributed by atoms with E-state index in [1.807, 2.05) is 18.7 Å². The number of hydrogen-bond acceptors (Lipinski definition) is 4. The molecule has 2 saturated heterocycles. The molecule has 1 atom stereocenters. The van der Waals surface area contributed by atoms with E-state index in [9.17, 15) is 4.79 Å². The number of nitrogens with zero attached hydrogens (tertiary/aromatic N) is 2. The summed E-state index contributed by atoms with van der Waals surface area (Å²) in [5.74, 6) is 0.240. The van der Waals surface area contributed by atoms with Crippen molar-refractivity contribution >= 4 is 5.91 Å². The van der Waals surface area contributed by atoms with E-state index >= 15 is 0 Å². The first kappa shape index (κ1) is 16.7. The summed E-state index contributed by atoms with van der Waals surface area (Å²) in [6, 6.07) is 0.618. The summed E-state index contributed by atoms with van der Waals surface area (Å²) in [7, 11) is 0. The van der Waals surface area contributed by atoms with E-state index in [4.69, 9.17) is 9.47 Å². The van der Waals surface area contributed by atoms with Crippen molar-refractivity contribution in [2.75, 3.05) is 39.4 Å². The van der Waals surface area contributed by atoms with Crippen LogP contribution in [-0.4, -0.2) is 73.3 Å². The lowest BCUT2D eigenvalue weighted by molar-refractivity contribution is -0.134. The molecule has 0 aromatic carbocycles. The Kier molecular flexibility index (Phi) is 6.45. The van der Waals surface area contributed by atoms with Gasteiger partial charge in [-0.15, -0.1) is 0 Å². The normalized spacial score (nSPS) is 25.5. The fraction of sp³-hybridized carbons (Fsp3) is 0.938. The third-order valence-electron chi connectivity index (χ3n) is 4.37. The van der Waals surface area contributed by atoms with Gasteiger partial charge in [-0.2, -0.15) is 0 Å². The van der Waals surface area contributed by atoms with E-state index in [1.165, 1.54) is 0 Å². The van der Waals surface area contributed by atoms with Crippen LogP contribution in [-0.2, 0) is 14.3 Å². The number of amides is 1. The van der Waals surface area contributed by atoms with E-state index in [0.29, 0.717) is 25.2 Å². The van der Waals surface area contributed by atoms with Crippen LogP contribution in [0, 0.1) is 0 Å². The zero-order valence-electron chi connectivity index (χ0n) is 13.7. The van der Waals surface area contributed by atoms with Gasteiger partial charge < -0.3 is 14.4 Å². The molecule has 0 aromatic rings. The number of hydrogen-bond donors (Lipinski definition) is 0. The average Bonchev–Trinajstić information content (AvgIpc) is 2.47. The van der Waals surface area contributed by atoms with Crippen molar-refractivity contribution in [3.8, 4) is 0 Å². The van der Waals surface area contributed by atoms with Crippen molar-refractivity contribution in [3.63, 3.8) is 0 Å². The van der Waals surface area contributed by atoms with E-state index in [-0.39, 0.29) is 12.0 Å². The first-order valence-electron chi connectivity index (χ1n) is 8.31. The molecule has 0 spiro atoms. The number of piperidine rings is 1. The molecule has 2 rings (SSSR count). The second-order valence-electron chi connectivity index (χ2n) is 6.46. The van der Waals surface area contributed by atoms with Gasteiger partial charge in [-0.1, -0.05) is 0 Å². The van der Waals surface area contributed by atoms with Gasteiger partial charge in [0.2, 0.25) is 5.91 Å². The topological polar surface area (TPSA) is 42.0 Å². The fourth-order valence-corrected chi connectivity index (χ4v) is 3.20. The summed E-state index contributed by atoms with van der Waals surface area (Å²) in [5, 5.41) is 0. The third-order valence-corrected chi connectivity index (χ3v) is 4.37. The summed E-state index contributed by atoms with van der Waals surface area (Å²) < 4.78 is 11.1. The fourth-order valence-electron chi connectivity index (χ4n) is 3.20. The molecule has 0 saturated carbocycles. The maximum absolute atomic E-state index is 12.1. The monoisotopic (exact) mass is 298 g/mol. The predicted molar refractivity (Wildman–Crippen MR) is 82.3 cm³/mol. The molecule has 5 nitrogen and oxygen atoms in total. The van der Waals surface area contributed by atoms with Gasteiger partial charge in [0.05, 0.1) is 31.8 Å². The zero-order chi connectivity index (χ0) is 15.2. The van der Waals surface area contributed by atoms with E-state index < -0.39 is 0 Å². The van der Waals surface area contributed by atoms with Gasteiger partial charge in [-0.25, -0.2) is 0 Å². The van der Waals surface area contributed by atoms with E-state index in [1.54, 1.807) is 0 Å². The van der Waals surface area contributed by atoms with Crippen molar-refractivity contribution in [2.24, 2.45) is 0 Å². The van der Waals surface area contributed by atoms with E-state index in [2.05, 4.69) is 11.8 Å². The SMILES string of the molecule is CC(C)OCCC(=O)N1CCC(N2CCO[C@H](C)C2)CC1. The zero-order valence-corrected chi connectivity index (χ0v) is 13.7. The Hall–Kier alpha value is -0.650. The molecule has 2 aliphatic rings. The summed E-state index contributed by atoms with van der Waals surface area (Å²) >= 11 is 0. The lowest BCUT2D eigenvalue weighted by atomic mass is 10.0. The third kappa shape index (κ3) is 5.24. The molecule has 0 unspecified atom stereocenters. The number of carbonyl (C=O) groups is 1. The van der Waals surface area contributed by atoms with Crippen LogP contribution in [0.1, 0.15) is 40.0 Å². The molecule has 0 aromatic heterocycles. The number of morpholine rings is 1. The highest BCUT2D eigenvalue weighted by Gasteiger charge is 2.29. The summed E-state index contributed by atoms with van der Waals surface area (Å²) in [6.07, 6.45) is 3.23. The van der Waals surface area contributed by atoms with Gasteiger partial charge in [0.1, 0.15) is 0 Å². The molecule has 21 heavy (non-hydrogen) atoms. The Morgan fingerprint density at radius 3 is 2.62 bits per heavy atom. The maximum Gasteiger partial charge on any atom is 0.224 e. The van der Waals surface area contributed by atoms with Crippen molar-refractivity contribution < 1.29 is 14.3 Å². The molecule has 2 heterocycles. The second kappa shape index (κ2) is 8.11. The minimum Gasteiger partial charge on any atom is -0.378 e. The predicted octanol–water partition coefficient (Wildman–Crippen LogP) is 1.51. The number of likely N-dealkylation sites (tertiary alicyclic amines) is 1. The molecule has 5 heteroatoms. The van der Waals surface area contributed by atoms with Crippen molar-refractivity contribution in [2.45, 2.75) is 58.3 Å². The molecular formula is C16H30N2O3. The average molecular weight is 298 g/mol. The number of carbonyl (C=O) groups excluding carboxylic acids is 1. The van der Waals surface area contributed by atoms with Gasteiger partial charge in [-0.05, 0) is 33.6 Å². The van der Waals surface area contributed by atoms with Crippen LogP contribution in [0.5, 0.6) is 0 Å². The number of rotatable bonds is 5. The summed E-state index contributed by atoms with van der Waals surface area (Å²) in [5.41, 5.74) is 0. The first-order chi connectivity index (χ1) is 10.1. The lowest BCUT2D eigenvalue weighted by Gasteiger charge is -2.41. The molecule has 0 bridgehead atoms. The van der Waals surface area contributed by atoms with Gasteiger partial charge >= 0.3 is 0 Å². The highest BCUT2D eigenvalue weighted by molar-refractivity contribution is 5.76. The lowest BCUT2D eigenvalue weighted by Crippen LogP contribution is -2.51. The van der Waals surface area contributed by atoms with Crippen LogP contribution in [0.2, 0.25) is 0 Å². The Bertz CT molecular complexity index is 327. The van der Waals surface area contributed by atoms with Crippen LogP contribution in [0.15, 0.2) is 0 Å². The Morgan fingerprint density at radius 1 is 1.29 bits per heavy atom. The standard InChI is InChI=1S/C16H30N2O3/c1-13(2)20-10-6-16(19)17-7-4-15(5-8-17)18-9-11-21-14(3)12-18/h13-15H,4-12H2,1-3H3/t14-/m1/s1. The van der Waals surface area contributed by atoms with E-state index in [0.717, 1.165) is 45.6 Å². The summed E-state index contributed by atoms with van der Waals surface area (Å²) in [4.78, 5) is 16.7. The Balaban J connectivity index is 1.68. The summed E-state index contributed by atoms with van der Waals surface area (Å²) in [6.45, 7) is 11.3. The van der Waals surface area contributed by atoms with Crippen molar-refractivity contribution in [1.29, 1.82) is 0 Å². The highest BCUT2D eigenvalue weighted by atomic mass is 16.5. The molecule has 2 aliphatic heterocycles. The maximum atomic E-state index is 12.1. The van der Waals surface area contributed by atoms with Crippen LogP contribution >= 0.6 is 0 Å². The first-order valence-corrected chi connectivity index (χ1v) is 8.31. The van der Waals surface area contributed by atoms with Crippen LogP contribution in [0.25, 0.3) is 0 Å². The molecule has 1 amide bonds. The minimum atomic E-state index is 0.201. The number of ether oxygens (including phenoxy) is 2. The molecular weight excluding hydrogens is 268 g/mol. The second-order valence-corrected chi connectivity index (χ2v) is 6.46. The van der Waals surface area contributed by atoms with Crippen LogP contribution in [0.4, 0.5) is 0 Å². The Labute approximate surface area is 128 Å². The molecule has 0 radical (unpaired) electrons. The molecule has 2 fully saturated rings. The van der Waals surface area contributed by atoms with Gasteiger partial charge in [0.25, 0.3) is 0 Å². The molecule has 0 aliphatic carbocycles. The van der Waals surface area contributed by atoms with Crippen molar-refractivity contribution in [1.82, 2.24) is 9.80 Å². The van der Waals surface area contributed by atoms with Crippen molar-refractivity contribution in [3.05, 3.63) is 0 Å². The van der Waals surface area contributed by atoms with Crippen LogP contribution in [0.3, 0.4) is 0 Å². The molecule has 0 N–H and O–H groups in total. The van der Waals surface area contributed by atoms with Gasteiger partial charge in [0, 0.05) is 32.2 Å². The minimum absolute atomic E-state index is 0.201. The smallest absolute Gasteiger partial charge is 0.224 e. The Morgan fingerprint density at radius 2 is 2.00 bits per heavy atom.